The summed E-state index contributed by atoms with van der Waals surface area (Å²) in [5.41, 5.74) is 38.0. The number of nitrogens with two attached hydrogens (primary N) is 7. The molecule has 538 valence electrons. The predicted octanol–water partition coefficient (Wildman–Crippen LogP) is 6.30. The second kappa shape index (κ2) is 42.9. The molecule has 22 nitrogen and oxygen atoms in total. The second-order valence-corrected chi connectivity index (χ2v) is 20.5. The first-order chi connectivity index (χ1) is 46.1. The Hall–Kier alpha value is -10.6. The highest BCUT2D eigenvalue weighted by molar-refractivity contribution is 5.76. The lowest BCUT2D eigenvalue weighted by atomic mass is 10.1. The standard InChI is InChI=1S/C10H13NO3.C9H8F3NO2.5C9H9F2NO2/c1-14-8-4-2-7(3-5-8)6-9(11)10(12)13;10-5-1-4(2-6(11)8(5)12)3-7(13)9(14)15;10-6-1-5(2-7(11)4-6)3-8(12)9(13)14;10-6-1-2-7(11)5(3-6)4-8(12)9(13)14;10-6-2-1-5(7(11)4-6)3-8(12)9(13)14;10-6-2-1-5(3-7(6)11)4-8(12)9(13)14;10-6-3-1-2-5(8(6)11)4-7(12)9(13)14/h2-5,9H,6,11H2,1H3,(H,12,13);1-2,7H,3,13H2,(H,14,15);1-2,4,8H,3,12H2,(H,13,14);1-3,8H,4,12H2,(H,13,14);1-2,4,8H,3,12H2,(H,13,14);1-3,8H,4,12H2,(H,13,14);1-3,7H,4,12H2,(H,13,14). The quantitative estimate of drug-likeness (QED) is 0.0261. The largest absolute Gasteiger partial charge is 0.497 e. The van der Waals surface area contributed by atoms with Crippen molar-refractivity contribution in [3.8, 4) is 5.75 Å². The van der Waals surface area contributed by atoms with Gasteiger partial charge in [-0.2, -0.15) is 0 Å². The Morgan fingerprint density at radius 1 is 0.293 bits per heavy atom. The highest BCUT2D eigenvalue weighted by Gasteiger charge is 2.21. The topological polar surface area (TPSA) is 452 Å². The lowest BCUT2D eigenvalue weighted by Crippen LogP contribution is -2.32. The normalized spacial score (nSPS) is 12.5. The van der Waals surface area contributed by atoms with Gasteiger partial charge in [-0.3, -0.25) is 33.6 Å². The lowest BCUT2D eigenvalue weighted by molar-refractivity contribution is -0.139. The van der Waals surface area contributed by atoms with Crippen LogP contribution >= 0.6 is 0 Å². The van der Waals surface area contributed by atoms with Crippen molar-refractivity contribution in [2.75, 3.05) is 7.11 Å². The fourth-order valence-corrected chi connectivity index (χ4v) is 7.31. The summed E-state index contributed by atoms with van der Waals surface area (Å²) in [4.78, 5) is 72.6. The number of carboxylic acids is 7. The van der Waals surface area contributed by atoms with E-state index in [-0.39, 0.29) is 66.3 Å². The third-order valence-electron chi connectivity index (χ3n) is 12.5. The average Bonchev–Trinajstić information content (AvgIpc) is 0.912. The number of carbonyl (C=O) groups is 7. The molecule has 0 saturated heterocycles. The van der Waals surface area contributed by atoms with E-state index in [0.29, 0.717) is 18.1 Å². The Morgan fingerprint density at radius 2 is 0.646 bits per heavy atom. The van der Waals surface area contributed by atoms with Crippen molar-refractivity contribution in [2.24, 2.45) is 40.1 Å². The van der Waals surface area contributed by atoms with Crippen LogP contribution in [-0.4, -0.2) is 127 Å². The molecule has 99 heavy (non-hydrogen) atoms. The van der Waals surface area contributed by atoms with Gasteiger partial charge in [0.2, 0.25) is 0 Å². The molecule has 21 N–H and O–H groups in total. The molecule has 7 atom stereocenters. The van der Waals surface area contributed by atoms with Crippen LogP contribution < -0.4 is 44.9 Å². The van der Waals surface area contributed by atoms with E-state index < -0.39 is 160 Å². The summed E-state index contributed by atoms with van der Waals surface area (Å²) in [5.74, 6) is -20.1. The Balaban J connectivity index is 0.000000578. The minimum atomic E-state index is -1.58. The van der Waals surface area contributed by atoms with Gasteiger partial charge >= 0.3 is 41.8 Å². The molecule has 7 rings (SSSR count). The maximum Gasteiger partial charge on any atom is 0.320 e. The SMILES string of the molecule is COc1ccc(CC(N)C(=O)O)cc1.NC(Cc1cc(F)c(F)c(F)c1)C(=O)O.NC(Cc1cc(F)cc(F)c1)C(=O)O.NC(Cc1cc(F)ccc1F)C(=O)O.NC(Cc1ccc(F)c(F)c1)C(=O)O.NC(Cc1ccc(F)cc1F)C(=O)O.NC(Cc1cccc(F)c1F)C(=O)O. The molecule has 7 unspecified atom stereocenters. The molecule has 0 aliphatic heterocycles. The minimum absolute atomic E-state index is 0.00120. The zero-order valence-corrected chi connectivity index (χ0v) is 51.5. The smallest absolute Gasteiger partial charge is 0.320 e. The summed E-state index contributed by atoms with van der Waals surface area (Å²) in [5, 5.41) is 59.4. The molecule has 0 aromatic heterocycles. The molecule has 0 aliphatic rings. The van der Waals surface area contributed by atoms with Gasteiger partial charge in [0.15, 0.2) is 40.7 Å². The second-order valence-electron chi connectivity index (χ2n) is 20.5. The van der Waals surface area contributed by atoms with Crippen LogP contribution in [-0.2, 0) is 78.5 Å². The van der Waals surface area contributed by atoms with Crippen LogP contribution in [0.25, 0.3) is 0 Å². The summed E-state index contributed by atoms with van der Waals surface area (Å²) < 4.78 is 170. The Labute approximate surface area is 553 Å². The van der Waals surface area contributed by atoms with Crippen molar-refractivity contribution in [3.05, 3.63) is 242 Å². The maximum absolute atomic E-state index is 13.0. The average molecular weight is 1420 g/mol. The maximum atomic E-state index is 13.0. The van der Waals surface area contributed by atoms with Crippen LogP contribution in [0.1, 0.15) is 38.9 Å². The number of aliphatic carboxylic acids is 7. The number of hydrogen-bond donors (Lipinski definition) is 14. The molecule has 0 bridgehead atoms. The molecule has 0 spiro atoms. The van der Waals surface area contributed by atoms with Gasteiger partial charge in [-0.1, -0.05) is 36.4 Å². The minimum Gasteiger partial charge on any atom is -0.497 e. The monoisotopic (exact) mass is 1420 g/mol. The van der Waals surface area contributed by atoms with Gasteiger partial charge in [-0.05, 0) is 143 Å². The summed E-state index contributed by atoms with van der Waals surface area (Å²) in [7, 11) is 1.58. The van der Waals surface area contributed by atoms with Crippen molar-refractivity contribution in [1.82, 2.24) is 0 Å². The van der Waals surface area contributed by atoms with E-state index in [1.165, 1.54) is 24.3 Å². The molecule has 0 radical (unpaired) electrons. The van der Waals surface area contributed by atoms with Gasteiger partial charge in [-0.25, -0.2) is 57.1 Å². The summed E-state index contributed by atoms with van der Waals surface area (Å²) in [6, 6.07) is 16.1. The van der Waals surface area contributed by atoms with Gasteiger partial charge in [0.25, 0.3) is 0 Å². The fraction of sp³-hybridized carbons (Fsp3) is 0.234. The third-order valence-corrected chi connectivity index (χ3v) is 12.5. The van der Waals surface area contributed by atoms with Gasteiger partial charge in [0.05, 0.1) is 7.11 Å². The van der Waals surface area contributed by atoms with Crippen LogP contribution in [0.4, 0.5) is 57.1 Å². The number of methoxy groups -OCH3 is 1. The number of benzene rings is 7. The lowest BCUT2D eigenvalue weighted by Gasteiger charge is -2.07. The van der Waals surface area contributed by atoms with Crippen molar-refractivity contribution in [1.29, 1.82) is 0 Å². The van der Waals surface area contributed by atoms with Crippen LogP contribution in [0, 0.1) is 75.6 Å². The highest BCUT2D eigenvalue weighted by atomic mass is 19.2. The van der Waals surface area contributed by atoms with Crippen LogP contribution in [0.5, 0.6) is 5.75 Å². The fourth-order valence-electron chi connectivity index (χ4n) is 7.31. The molecular formula is C64H66F13N7O15. The van der Waals surface area contributed by atoms with E-state index in [1.54, 1.807) is 19.2 Å². The van der Waals surface area contributed by atoms with E-state index in [9.17, 15) is 90.6 Å². The third kappa shape index (κ3) is 33.3. The number of rotatable bonds is 22. The zero-order chi connectivity index (χ0) is 75.7. The molecular weight excluding hydrogens is 1350 g/mol. The van der Waals surface area contributed by atoms with Gasteiger partial charge in [0, 0.05) is 31.4 Å². The molecule has 35 heteroatoms. The highest BCUT2D eigenvalue weighted by Crippen LogP contribution is 2.18. The number of hydrogen-bond acceptors (Lipinski definition) is 15. The molecule has 7 aromatic rings. The molecule has 0 heterocycles. The van der Waals surface area contributed by atoms with E-state index in [0.717, 1.165) is 84.1 Å². The van der Waals surface area contributed by atoms with Gasteiger partial charge in [-0.15, -0.1) is 0 Å². The first-order valence-electron chi connectivity index (χ1n) is 27.9. The van der Waals surface area contributed by atoms with Crippen molar-refractivity contribution in [3.63, 3.8) is 0 Å². The molecule has 7 aromatic carbocycles. The number of carboxylic acid groups (broad SMARTS) is 7. The molecule has 0 aliphatic carbocycles. The van der Waals surface area contributed by atoms with E-state index in [4.69, 9.17) is 80.6 Å². The molecule has 0 saturated carbocycles. The zero-order valence-electron chi connectivity index (χ0n) is 51.5. The van der Waals surface area contributed by atoms with E-state index in [1.807, 2.05) is 12.1 Å². The summed E-state index contributed by atoms with van der Waals surface area (Å²) in [6.45, 7) is 0. The van der Waals surface area contributed by atoms with E-state index in [2.05, 4.69) is 0 Å². The predicted molar refractivity (Wildman–Crippen MR) is 326 cm³/mol. The van der Waals surface area contributed by atoms with Crippen LogP contribution in [0.2, 0.25) is 0 Å². The van der Waals surface area contributed by atoms with Crippen LogP contribution in [0.3, 0.4) is 0 Å². The Bertz CT molecular complexity index is 3790. The van der Waals surface area contributed by atoms with E-state index >= 15 is 0 Å². The first kappa shape index (κ1) is 86.5. The van der Waals surface area contributed by atoms with Crippen molar-refractivity contribution in [2.45, 2.75) is 87.2 Å². The number of ether oxygens (including phenoxy) is 1. The Kier molecular flexibility index (Phi) is 37.4. The summed E-state index contributed by atoms with van der Waals surface area (Å²) in [6.07, 6.45) is -0.640. The molecule has 0 amide bonds. The Morgan fingerprint density at radius 3 is 1.07 bits per heavy atom. The van der Waals surface area contributed by atoms with Crippen molar-refractivity contribution < 1.29 is 131 Å². The first-order valence-corrected chi connectivity index (χ1v) is 27.9. The van der Waals surface area contributed by atoms with Gasteiger partial charge in [0.1, 0.15) is 82.9 Å². The van der Waals surface area contributed by atoms with Crippen LogP contribution in [0.15, 0.2) is 127 Å². The number of halogens is 13. The van der Waals surface area contributed by atoms with Gasteiger partial charge < -0.3 is 80.6 Å². The molecule has 0 fully saturated rings. The van der Waals surface area contributed by atoms with Crippen molar-refractivity contribution >= 4 is 41.8 Å². The summed E-state index contributed by atoms with van der Waals surface area (Å²) >= 11 is 0.